The van der Waals surface area contributed by atoms with Crippen LogP contribution in [0.4, 0.5) is 18.9 Å². The maximum absolute atomic E-state index is 12.3. The number of amides is 1. The van der Waals surface area contributed by atoms with Gasteiger partial charge in [0.15, 0.2) is 5.82 Å². The first-order chi connectivity index (χ1) is 15.7. The molecular formula is C22H16F3N5O3. The van der Waals surface area contributed by atoms with Gasteiger partial charge in [0.2, 0.25) is 5.88 Å². The Hall–Kier alpha value is -4.41. The summed E-state index contributed by atoms with van der Waals surface area (Å²) < 4.78 is 47.9. The fraction of sp³-hybridized carbons (Fsp3) is 0.0909. The summed E-state index contributed by atoms with van der Waals surface area (Å²) in [6.07, 6.45) is -1.41. The van der Waals surface area contributed by atoms with E-state index in [0.717, 1.165) is 12.1 Å². The molecule has 0 aliphatic heterocycles. The van der Waals surface area contributed by atoms with Crippen molar-refractivity contribution in [3.05, 3.63) is 84.4 Å². The molecule has 0 radical (unpaired) electrons. The number of anilines is 1. The Balaban J connectivity index is 1.40. The van der Waals surface area contributed by atoms with E-state index in [1.807, 2.05) is 0 Å². The van der Waals surface area contributed by atoms with Crippen LogP contribution in [0, 0.1) is 6.92 Å². The SMILES string of the molecule is Cc1nc(Oc2ccc(NC(=O)c3ccc(OC(F)(F)F)cc3)cc2)cc(-n2cccn2)n1. The molecule has 0 aliphatic carbocycles. The van der Waals surface area contributed by atoms with Gasteiger partial charge in [-0.3, -0.25) is 4.79 Å². The summed E-state index contributed by atoms with van der Waals surface area (Å²) in [6.45, 7) is 1.74. The van der Waals surface area contributed by atoms with E-state index in [4.69, 9.17) is 4.74 Å². The third kappa shape index (κ3) is 5.85. The summed E-state index contributed by atoms with van der Waals surface area (Å²) in [5, 5.41) is 6.79. The predicted octanol–water partition coefficient (Wildman–Crippen LogP) is 4.91. The van der Waals surface area contributed by atoms with Gasteiger partial charge in [0.05, 0.1) is 0 Å². The number of halogens is 3. The van der Waals surface area contributed by atoms with Gasteiger partial charge in [0.25, 0.3) is 5.91 Å². The Morgan fingerprint density at radius 3 is 2.33 bits per heavy atom. The van der Waals surface area contributed by atoms with E-state index < -0.39 is 18.0 Å². The molecule has 8 nitrogen and oxygen atoms in total. The first-order valence-electron chi connectivity index (χ1n) is 9.56. The van der Waals surface area contributed by atoms with Crippen molar-refractivity contribution >= 4 is 11.6 Å². The molecule has 1 amide bonds. The monoisotopic (exact) mass is 455 g/mol. The molecule has 0 aliphatic rings. The Kier molecular flexibility index (Phi) is 5.94. The molecule has 0 spiro atoms. The van der Waals surface area contributed by atoms with E-state index in [1.54, 1.807) is 60.4 Å². The van der Waals surface area contributed by atoms with Gasteiger partial charge in [0, 0.05) is 29.7 Å². The lowest BCUT2D eigenvalue weighted by Gasteiger charge is -2.10. The number of carbonyl (C=O) groups excluding carboxylic acids is 1. The van der Waals surface area contributed by atoms with Gasteiger partial charge in [-0.2, -0.15) is 10.1 Å². The normalized spacial score (nSPS) is 11.2. The zero-order valence-corrected chi connectivity index (χ0v) is 17.1. The average molecular weight is 455 g/mol. The zero-order chi connectivity index (χ0) is 23.4. The molecule has 0 bridgehead atoms. The quantitative estimate of drug-likeness (QED) is 0.444. The van der Waals surface area contributed by atoms with Gasteiger partial charge < -0.3 is 14.8 Å². The summed E-state index contributed by atoms with van der Waals surface area (Å²) in [5.41, 5.74) is 0.645. The summed E-state index contributed by atoms with van der Waals surface area (Å²) in [7, 11) is 0. The molecule has 1 N–H and O–H groups in total. The van der Waals surface area contributed by atoms with E-state index in [2.05, 4.69) is 25.1 Å². The van der Waals surface area contributed by atoms with Crippen LogP contribution in [0.3, 0.4) is 0 Å². The average Bonchev–Trinajstić information content (AvgIpc) is 3.29. The number of alkyl halides is 3. The molecule has 11 heteroatoms. The van der Waals surface area contributed by atoms with E-state index in [9.17, 15) is 18.0 Å². The van der Waals surface area contributed by atoms with Crippen LogP contribution < -0.4 is 14.8 Å². The van der Waals surface area contributed by atoms with E-state index >= 15 is 0 Å². The van der Waals surface area contributed by atoms with Crippen molar-refractivity contribution in [2.45, 2.75) is 13.3 Å². The number of carbonyl (C=O) groups is 1. The molecule has 0 unspecified atom stereocenters. The fourth-order valence-corrected chi connectivity index (χ4v) is 2.84. The number of hydrogen-bond donors (Lipinski definition) is 1. The highest BCUT2D eigenvalue weighted by Gasteiger charge is 2.31. The number of rotatable bonds is 6. The van der Waals surface area contributed by atoms with Crippen molar-refractivity contribution in [3.8, 4) is 23.2 Å². The highest BCUT2D eigenvalue weighted by atomic mass is 19.4. The third-order valence-electron chi connectivity index (χ3n) is 4.22. The molecule has 168 valence electrons. The number of aromatic nitrogens is 4. The van der Waals surface area contributed by atoms with Crippen molar-refractivity contribution in [2.24, 2.45) is 0 Å². The number of benzene rings is 2. The summed E-state index contributed by atoms with van der Waals surface area (Å²) >= 11 is 0. The van der Waals surface area contributed by atoms with Crippen molar-refractivity contribution in [2.75, 3.05) is 5.32 Å². The van der Waals surface area contributed by atoms with Crippen LogP contribution >= 0.6 is 0 Å². The van der Waals surface area contributed by atoms with Crippen molar-refractivity contribution in [1.29, 1.82) is 0 Å². The second-order valence-corrected chi connectivity index (χ2v) is 6.71. The van der Waals surface area contributed by atoms with Gasteiger partial charge in [-0.25, -0.2) is 9.67 Å². The van der Waals surface area contributed by atoms with Crippen LogP contribution in [0.25, 0.3) is 5.82 Å². The van der Waals surface area contributed by atoms with Gasteiger partial charge in [-0.1, -0.05) is 0 Å². The lowest BCUT2D eigenvalue weighted by atomic mass is 10.2. The lowest BCUT2D eigenvalue weighted by molar-refractivity contribution is -0.274. The maximum Gasteiger partial charge on any atom is 0.573 e. The van der Waals surface area contributed by atoms with Crippen LogP contribution in [-0.2, 0) is 0 Å². The molecule has 2 heterocycles. The number of aryl methyl sites for hydroxylation is 1. The van der Waals surface area contributed by atoms with Gasteiger partial charge in [-0.05, 0) is 61.5 Å². The first kappa shape index (κ1) is 21.8. The van der Waals surface area contributed by atoms with Crippen molar-refractivity contribution in [1.82, 2.24) is 19.7 Å². The Labute approximate surface area is 185 Å². The second kappa shape index (κ2) is 8.99. The lowest BCUT2D eigenvalue weighted by Crippen LogP contribution is -2.17. The number of nitrogens with one attached hydrogen (secondary N) is 1. The molecule has 33 heavy (non-hydrogen) atoms. The van der Waals surface area contributed by atoms with E-state index in [0.29, 0.717) is 29.0 Å². The summed E-state index contributed by atoms with van der Waals surface area (Å²) in [6, 6.07) is 14.6. The number of hydrogen-bond acceptors (Lipinski definition) is 6. The van der Waals surface area contributed by atoms with Crippen LogP contribution in [0.1, 0.15) is 16.2 Å². The second-order valence-electron chi connectivity index (χ2n) is 6.71. The van der Waals surface area contributed by atoms with Crippen LogP contribution in [0.15, 0.2) is 73.1 Å². The Morgan fingerprint density at radius 2 is 1.70 bits per heavy atom. The zero-order valence-electron chi connectivity index (χ0n) is 17.1. The molecule has 0 saturated carbocycles. The minimum absolute atomic E-state index is 0.174. The molecule has 0 saturated heterocycles. The largest absolute Gasteiger partial charge is 0.573 e. The molecule has 4 aromatic rings. The molecule has 2 aromatic heterocycles. The van der Waals surface area contributed by atoms with Gasteiger partial charge in [-0.15, -0.1) is 13.2 Å². The maximum atomic E-state index is 12.3. The third-order valence-corrected chi connectivity index (χ3v) is 4.22. The number of ether oxygens (including phenoxy) is 2. The molecule has 4 rings (SSSR count). The Bertz CT molecular complexity index is 1240. The van der Waals surface area contributed by atoms with E-state index in [1.165, 1.54) is 12.1 Å². The highest BCUT2D eigenvalue weighted by molar-refractivity contribution is 6.04. The van der Waals surface area contributed by atoms with E-state index in [-0.39, 0.29) is 5.56 Å². The Morgan fingerprint density at radius 1 is 1.00 bits per heavy atom. The van der Waals surface area contributed by atoms with Crippen LogP contribution in [0.5, 0.6) is 17.4 Å². The molecular weight excluding hydrogens is 439 g/mol. The van der Waals surface area contributed by atoms with Crippen molar-refractivity contribution in [3.63, 3.8) is 0 Å². The first-order valence-corrected chi connectivity index (χ1v) is 9.56. The predicted molar refractivity (Wildman–Crippen MR) is 111 cm³/mol. The highest BCUT2D eigenvalue weighted by Crippen LogP contribution is 2.25. The topological polar surface area (TPSA) is 91.2 Å². The summed E-state index contributed by atoms with van der Waals surface area (Å²) in [4.78, 5) is 20.9. The molecule has 0 atom stereocenters. The minimum atomic E-state index is -4.79. The summed E-state index contributed by atoms with van der Waals surface area (Å²) in [5.74, 6) is 0.970. The smallest absolute Gasteiger partial charge is 0.439 e. The van der Waals surface area contributed by atoms with Gasteiger partial charge >= 0.3 is 6.36 Å². The minimum Gasteiger partial charge on any atom is -0.439 e. The van der Waals surface area contributed by atoms with Crippen LogP contribution in [-0.4, -0.2) is 32.0 Å². The van der Waals surface area contributed by atoms with Crippen molar-refractivity contribution < 1.29 is 27.4 Å². The number of nitrogens with zero attached hydrogens (tertiary/aromatic N) is 4. The molecule has 0 fully saturated rings. The fourth-order valence-electron chi connectivity index (χ4n) is 2.84. The van der Waals surface area contributed by atoms with Gasteiger partial charge in [0.1, 0.15) is 17.3 Å². The molecule has 2 aromatic carbocycles. The van der Waals surface area contributed by atoms with Crippen LogP contribution in [0.2, 0.25) is 0 Å². The standard InChI is InChI=1S/C22H16F3N5O3/c1-14-27-19(30-12-2-11-26-30)13-20(28-14)32-17-9-5-16(6-10-17)29-21(31)15-3-7-18(8-4-15)33-22(23,24)25/h2-13H,1H3,(H,29,31).